The summed E-state index contributed by atoms with van der Waals surface area (Å²) in [5.74, 6) is -0.428. The lowest BCUT2D eigenvalue weighted by Crippen LogP contribution is -2.49. The Kier molecular flexibility index (Phi) is 8.77. The molecule has 1 heterocycles. The minimum absolute atomic E-state index is 0.00790. The number of amides is 1. The molecule has 3 rings (SSSR count). The molecule has 0 aromatic heterocycles. The first-order valence-corrected chi connectivity index (χ1v) is 11.2. The van der Waals surface area contributed by atoms with E-state index >= 15 is 0 Å². The van der Waals surface area contributed by atoms with Crippen LogP contribution in [0.4, 0.5) is 5.69 Å². The van der Waals surface area contributed by atoms with Crippen LogP contribution < -0.4 is 14.4 Å². The van der Waals surface area contributed by atoms with E-state index in [4.69, 9.17) is 25.8 Å². The highest BCUT2D eigenvalue weighted by Crippen LogP contribution is 2.37. The minimum Gasteiger partial charge on any atom is -0.493 e. The van der Waals surface area contributed by atoms with Crippen molar-refractivity contribution in [3.8, 4) is 17.6 Å². The summed E-state index contributed by atoms with van der Waals surface area (Å²) in [7, 11) is 1.43. The number of halogens is 1. The molecule has 0 N–H and O–H groups in total. The van der Waals surface area contributed by atoms with Gasteiger partial charge in [-0.1, -0.05) is 29.8 Å². The van der Waals surface area contributed by atoms with E-state index in [2.05, 4.69) is 4.90 Å². The van der Waals surface area contributed by atoms with Gasteiger partial charge in [-0.05, 0) is 42.8 Å². The van der Waals surface area contributed by atoms with Crippen molar-refractivity contribution in [2.24, 2.45) is 0 Å². The summed E-state index contributed by atoms with van der Waals surface area (Å²) >= 11 is 6.33. The van der Waals surface area contributed by atoms with E-state index in [1.807, 2.05) is 36.4 Å². The molecule has 1 aliphatic heterocycles. The Morgan fingerprint density at radius 2 is 1.85 bits per heavy atom. The number of ether oxygens (including phenoxy) is 3. The summed E-state index contributed by atoms with van der Waals surface area (Å²) in [6.45, 7) is 4.00. The summed E-state index contributed by atoms with van der Waals surface area (Å²) in [5, 5.41) is 9.83. The van der Waals surface area contributed by atoms with Gasteiger partial charge in [-0.3, -0.25) is 4.79 Å². The smallest absolute Gasteiger partial charge is 0.344 e. The van der Waals surface area contributed by atoms with E-state index in [9.17, 15) is 14.9 Å². The third-order valence-electron chi connectivity index (χ3n) is 5.24. The van der Waals surface area contributed by atoms with Gasteiger partial charge in [-0.25, -0.2) is 4.79 Å². The van der Waals surface area contributed by atoms with Crippen LogP contribution in [0, 0.1) is 11.3 Å². The maximum atomic E-state index is 13.0. The van der Waals surface area contributed by atoms with Gasteiger partial charge in [-0.2, -0.15) is 5.26 Å². The molecule has 9 heteroatoms. The number of hydrogen-bond acceptors (Lipinski definition) is 7. The number of piperazine rings is 1. The normalized spacial score (nSPS) is 13.8. The van der Waals surface area contributed by atoms with E-state index in [0.29, 0.717) is 31.7 Å². The number of nitrogens with zero attached hydrogens (tertiary/aromatic N) is 3. The number of benzene rings is 2. The van der Waals surface area contributed by atoms with Crippen molar-refractivity contribution < 1.29 is 23.8 Å². The average Bonchev–Trinajstić information content (AvgIpc) is 2.86. The molecule has 0 spiro atoms. The van der Waals surface area contributed by atoms with Gasteiger partial charge >= 0.3 is 5.97 Å². The summed E-state index contributed by atoms with van der Waals surface area (Å²) in [4.78, 5) is 28.5. The Morgan fingerprint density at radius 3 is 2.47 bits per heavy atom. The lowest BCUT2D eigenvalue weighted by molar-refractivity contribution is -0.145. The van der Waals surface area contributed by atoms with E-state index in [0.717, 1.165) is 5.69 Å². The van der Waals surface area contributed by atoms with Gasteiger partial charge in [0.15, 0.2) is 18.1 Å². The predicted octanol–water partition coefficient (Wildman–Crippen LogP) is 3.55. The number of nitriles is 1. The van der Waals surface area contributed by atoms with Crippen LogP contribution >= 0.6 is 11.6 Å². The summed E-state index contributed by atoms with van der Waals surface area (Å²) in [5.41, 5.74) is 1.60. The number of rotatable bonds is 8. The number of para-hydroxylation sites is 1. The Balaban J connectivity index is 1.72. The van der Waals surface area contributed by atoms with Gasteiger partial charge in [0.25, 0.3) is 5.91 Å². The van der Waals surface area contributed by atoms with Gasteiger partial charge in [0, 0.05) is 31.9 Å². The SMILES string of the molecule is CCOC(=O)COc1c(Cl)cc(/C=C(/C#N)C(=O)N2CCN(c3ccccc3)CC2)cc1OC. The van der Waals surface area contributed by atoms with Gasteiger partial charge in [-0.15, -0.1) is 0 Å². The number of hydrogen-bond donors (Lipinski definition) is 0. The molecule has 1 amide bonds. The molecule has 1 aliphatic rings. The maximum absolute atomic E-state index is 13.0. The first-order chi connectivity index (χ1) is 16.5. The van der Waals surface area contributed by atoms with Crippen LogP contribution in [0.1, 0.15) is 12.5 Å². The summed E-state index contributed by atoms with van der Waals surface area (Å²) in [6, 6.07) is 15.1. The fraction of sp³-hybridized carbons (Fsp3) is 0.320. The molecule has 178 valence electrons. The lowest BCUT2D eigenvalue weighted by atomic mass is 10.1. The number of carbonyl (C=O) groups excluding carboxylic acids is 2. The molecule has 0 saturated carbocycles. The second-order valence-corrected chi connectivity index (χ2v) is 7.82. The first kappa shape index (κ1) is 24.9. The highest BCUT2D eigenvalue weighted by atomic mass is 35.5. The molecule has 0 atom stereocenters. The van der Waals surface area contributed by atoms with Crippen LogP contribution in [-0.2, 0) is 14.3 Å². The van der Waals surface area contributed by atoms with E-state index in [-0.39, 0.29) is 41.2 Å². The number of anilines is 1. The second-order valence-electron chi connectivity index (χ2n) is 7.41. The zero-order valence-electron chi connectivity index (χ0n) is 19.1. The Labute approximate surface area is 203 Å². The highest BCUT2D eigenvalue weighted by molar-refractivity contribution is 6.32. The quantitative estimate of drug-likeness (QED) is 0.322. The molecule has 1 fully saturated rings. The molecule has 2 aromatic carbocycles. The lowest BCUT2D eigenvalue weighted by Gasteiger charge is -2.36. The number of methoxy groups -OCH3 is 1. The average molecular weight is 484 g/mol. The van der Waals surface area contributed by atoms with Gasteiger partial charge in [0.05, 0.1) is 18.7 Å². The molecule has 0 unspecified atom stereocenters. The van der Waals surface area contributed by atoms with Crippen LogP contribution in [0.25, 0.3) is 6.08 Å². The third kappa shape index (κ3) is 6.21. The Hall–Kier alpha value is -3.70. The largest absolute Gasteiger partial charge is 0.493 e. The van der Waals surface area contributed by atoms with Gasteiger partial charge in [0.1, 0.15) is 11.6 Å². The van der Waals surface area contributed by atoms with Crippen molar-refractivity contribution in [3.05, 3.63) is 58.6 Å². The maximum Gasteiger partial charge on any atom is 0.344 e. The molecule has 34 heavy (non-hydrogen) atoms. The molecule has 8 nitrogen and oxygen atoms in total. The summed E-state index contributed by atoms with van der Waals surface area (Å²) in [6.07, 6.45) is 1.47. The van der Waals surface area contributed by atoms with Crippen molar-refractivity contribution >= 4 is 35.2 Å². The van der Waals surface area contributed by atoms with E-state index in [1.54, 1.807) is 24.0 Å². The molecule has 1 saturated heterocycles. The molecular weight excluding hydrogens is 458 g/mol. The summed E-state index contributed by atoms with van der Waals surface area (Å²) < 4.78 is 15.6. The van der Waals surface area contributed by atoms with Crippen LogP contribution in [0.3, 0.4) is 0 Å². The molecule has 0 aliphatic carbocycles. The molecule has 0 radical (unpaired) electrons. The molecular formula is C25H26ClN3O5. The molecule has 2 aromatic rings. The highest BCUT2D eigenvalue weighted by Gasteiger charge is 2.24. The predicted molar refractivity (Wildman–Crippen MR) is 129 cm³/mol. The van der Waals surface area contributed by atoms with Crippen LogP contribution in [0.2, 0.25) is 5.02 Å². The first-order valence-electron chi connectivity index (χ1n) is 10.8. The van der Waals surface area contributed by atoms with Crippen LogP contribution in [0.5, 0.6) is 11.5 Å². The second kappa shape index (κ2) is 12.0. The van der Waals surface area contributed by atoms with Crippen molar-refractivity contribution in [2.45, 2.75) is 6.92 Å². The fourth-order valence-electron chi connectivity index (χ4n) is 3.58. The van der Waals surface area contributed by atoms with Crippen molar-refractivity contribution in [2.75, 3.05) is 51.4 Å². The number of esters is 1. The third-order valence-corrected chi connectivity index (χ3v) is 5.52. The molecule has 0 bridgehead atoms. The standard InChI is InChI=1S/C25H26ClN3O5/c1-3-33-23(30)17-34-24-21(26)14-18(15-22(24)32-2)13-19(16-27)25(31)29-11-9-28(10-12-29)20-7-5-4-6-8-20/h4-8,13-15H,3,9-12,17H2,1-2H3/b19-13-. The van der Waals surface area contributed by atoms with E-state index < -0.39 is 5.97 Å². The topological polar surface area (TPSA) is 92.1 Å². The fourth-order valence-corrected chi connectivity index (χ4v) is 3.86. The van der Waals surface area contributed by atoms with Crippen molar-refractivity contribution in [3.63, 3.8) is 0 Å². The van der Waals surface area contributed by atoms with Crippen molar-refractivity contribution in [1.82, 2.24) is 4.90 Å². The minimum atomic E-state index is -0.533. The zero-order chi connectivity index (χ0) is 24.5. The van der Waals surface area contributed by atoms with Crippen LogP contribution in [0.15, 0.2) is 48.0 Å². The van der Waals surface area contributed by atoms with Gasteiger partial charge in [0.2, 0.25) is 0 Å². The van der Waals surface area contributed by atoms with Crippen LogP contribution in [-0.4, -0.2) is 63.3 Å². The van der Waals surface area contributed by atoms with Crippen molar-refractivity contribution in [1.29, 1.82) is 5.26 Å². The number of carbonyl (C=O) groups is 2. The van der Waals surface area contributed by atoms with Gasteiger partial charge < -0.3 is 24.0 Å². The Morgan fingerprint density at radius 1 is 1.15 bits per heavy atom. The monoisotopic (exact) mass is 483 g/mol. The van der Waals surface area contributed by atoms with E-state index in [1.165, 1.54) is 13.2 Å². The zero-order valence-corrected chi connectivity index (χ0v) is 19.9. The Bertz CT molecular complexity index is 1090.